The van der Waals surface area contributed by atoms with Gasteiger partial charge in [0.15, 0.2) is 0 Å². The summed E-state index contributed by atoms with van der Waals surface area (Å²) in [5.74, 6) is -0.332. The van der Waals surface area contributed by atoms with Crippen molar-refractivity contribution in [2.45, 2.75) is 13.8 Å². The standard InChI is InChI=1S/C24H27ClN4O3/c1-17(2)23(31)28(12-13-32-3)16-22(30)27-24-26-21(18-8-5-4-6-9-18)15-29(24)20-11-7-10-19(25)14-20/h4-11,14-15,17H,12-13,16H2,1-3H3,(H,26,27,30). The lowest BCUT2D eigenvalue weighted by Gasteiger charge is -2.23. The van der Waals surface area contributed by atoms with Crippen molar-refractivity contribution in [1.82, 2.24) is 14.5 Å². The first-order valence-electron chi connectivity index (χ1n) is 10.4. The summed E-state index contributed by atoms with van der Waals surface area (Å²) < 4.78 is 6.86. The summed E-state index contributed by atoms with van der Waals surface area (Å²) in [6.07, 6.45) is 1.85. The highest BCUT2D eigenvalue weighted by molar-refractivity contribution is 6.30. The van der Waals surface area contributed by atoms with E-state index in [2.05, 4.69) is 10.3 Å². The molecule has 0 atom stereocenters. The molecule has 7 nitrogen and oxygen atoms in total. The van der Waals surface area contributed by atoms with Crippen LogP contribution in [0, 0.1) is 5.92 Å². The summed E-state index contributed by atoms with van der Waals surface area (Å²) in [5.41, 5.74) is 2.38. The number of methoxy groups -OCH3 is 1. The number of amides is 2. The summed E-state index contributed by atoms with van der Waals surface area (Å²) in [6, 6.07) is 17.0. The SMILES string of the molecule is COCCN(CC(=O)Nc1nc(-c2ccccc2)cn1-c1cccc(Cl)c1)C(=O)C(C)C. The number of imidazole rings is 1. The molecule has 8 heteroatoms. The van der Waals surface area contributed by atoms with Crippen molar-refractivity contribution >= 4 is 29.4 Å². The monoisotopic (exact) mass is 454 g/mol. The van der Waals surface area contributed by atoms with Gasteiger partial charge in [0.1, 0.15) is 6.54 Å². The Kier molecular flexibility index (Phi) is 8.03. The number of nitrogens with one attached hydrogen (secondary N) is 1. The van der Waals surface area contributed by atoms with Crippen molar-refractivity contribution in [2.24, 2.45) is 5.92 Å². The van der Waals surface area contributed by atoms with Crippen LogP contribution < -0.4 is 5.32 Å². The number of carbonyl (C=O) groups is 2. The highest BCUT2D eigenvalue weighted by Crippen LogP contribution is 2.25. The number of anilines is 1. The Morgan fingerprint density at radius 2 is 1.91 bits per heavy atom. The molecule has 0 saturated carbocycles. The molecule has 0 unspecified atom stereocenters. The van der Waals surface area contributed by atoms with E-state index in [1.807, 2.05) is 48.7 Å². The van der Waals surface area contributed by atoms with Gasteiger partial charge in [0, 0.05) is 42.0 Å². The molecule has 0 aliphatic carbocycles. The second-order valence-electron chi connectivity index (χ2n) is 7.62. The number of hydrogen-bond donors (Lipinski definition) is 1. The van der Waals surface area contributed by atoms with Gasteiger partial charge < -0.3 is 9.64 Å². The molecule has 0 spiro atoms. The van der Waals surface area contributed by atoms with Gasteiger partial charge in [-0.1, -0.05) is 61.8 Å². The minimum Gasteiger partial charge on any atom is -0.383 e. The summed E-state index contributed by atoms with van der Waals surface area (Å²) in [7, 11) is 1.56. The molecule has 168 valence electrons. The van der Waals surface area contributed by atoms with Crippen LogP contribution in [0.1, 0.15) is 13.8 Å². The quantitative estimate of drug-likeness (QED) is 0.524. The zero-order chi connectivity index (χ0) is 23.1. The number of aromatic nitrogens is 2. The summed E-state index contributed by atoms with van der Waals surface area (Å²) in [4.78, 5) is 31.5. The van der Waals surface area contributed by atoms with Crippen molar-refractivity contribution < 1.29 is 14.3 Å². The van der Waals surface area contributed by atoms with Crippen molar-refractivity contribution in [3.05, 3.63) is 65.8 Å². The second kappa shape index (κ2) is 10.9. The zero-order valence-corrected chi connectivity index (χ0v) is 19.2. The molecule has 0 saturated heterocycles. The Labute approximate surface area is 193 Å². The molecule has 0 aliphatic heterocycles. The van der Waals surface area contributed by atoms with E-state index < -0.39 is 0 Å². The molecule has 3 aromatic rings. The van der Waals surface area contributed by atoms with E-state index in [1.54, 1.807) is 37.7 Å². The summed E-state index contributed by atoms with van der Waals surface area (Å²) >= 11 is 6.18. The van der Waals surface area contributed by atoms with Crippen molar-refractivity contribution in [1.29, 1.82) is 0 Å². The first-order valence-corrected chi connectivity index (χ1v) is 10.7. The zero-order valence-electron chi connectivity index (χ0n) is 18.4. The Hall–Kier alpha value is -3.16. The maximum absolute atomic E-state index is 12.9. The molecule has 0 radical (unpaired) electrons. The second-order valence-corrected chi connectivity index (χ2v) is 8.06. The fourth-order valence-corrected chi connectivity index (χ4v) is 3.40. The molecule has 2 amide bonds. The van der Waals surface area contributed by atoms with E-state index in [0.29, 0.717) is 29.8 Å². The van der Waals surface area contributed by atoms with Gasteiger partial charge in [0.05, 0.1) is 12.3 Å². The van der Waals surface area contributed by atoms with E-state index in [1.165, 1.54) is 4.90 Å². The predicted molar refractivity (Wildman–Crippen MR) is 126 cm³/mol. The van der Waals surface area contributed by atoms with E-state index in [-0.39, 0.29) is 24.3 Å². The number of halogens is 1. The maximum atomic E-state index is 12.9. The Morgan fingerprint density at radius 1 is 1.16 bits per heavy atom. The average Bonchev–Trinajstić information content (AvgIpc) is 3.20. The van der Waals surface area contributed by atoms with Crippen molar-refractivity contribution in [3.8, 4) is 16.9 Å². The largest absolute Gasteiger partial charge is 0.383 e. The van der Waals surface area contributed by atoms with Gasteiger partial charge in [-0.15, -0.1) is 0 Å². The number of carbonyl (C=O) groups excluding carboxylic acids is 2. The predicted octanol–water partition coefficient (Wildman–Crippen LogP) is 4.26. The Morgan fingerprint density at radius 3 is 2.56 bits per heavy atom. The molecule has 1 N–H and O–H groups in total. The van der Waals surface area contributed by atoms with Crippen LogP contribution in [0.2, 0.25) is 5.02 Å². The van der Waals surface area contributed by atoms with Crippen LogP contribution in [0.5, 0.6) is 0 Å². The molecule has 1 aromatic heterocycles. The van der Waals surface area contributed by atoms with Crippen LogP contribution in [0.25, 0.3) is 16.9 Å². The van der Waals surface area contributed by atoms with E-state index in [0.717, 1.165) is 11.3 Å². The van der Waals surface area contributed by atoms with E-state index in [9.17, 15) is 9.59 Å². The van der Waals surface area contributed by atoms with Crippen molar-refractivity contribution in [3.63, 3.8) is 0 Å². The third-order valence-electron chi connectivity index (χ3n) is 4.82. The average molecular weight is 455 g/mol. The lowest BCUT2D eigenvalue weighted by Crippen LogP contribution is -2.42. The number of hydrogen-bond acceptors (Lipinski definition) is 4. The third kappa shape index (κ3) is 5.96. The summed E-state index contributed by atoms with van der Waals surface area (Å²) in [6.45, 7) is 4.19. The Bertz CT molecular complexity index is 1070. The fourth-order valence-electron chi connectivity index (χ4n) is 3.21. The maximum Gasteiger partial charge on any atom is 0.246 e. The van der Waals surface area contributed by atoms with Gasteiger partial charge in [-0.05, 0) is 18.2 Å². The van der Waals surface area contributed by atoms with Crippen LogP contribution in [-0.2, 0) is 14.3 Å². The highest BCUT2D eigenvalue weighted by Gasteiger charge is 2.21. The number of nitrogens with zero attached hydrogens (tertiary/aromatic N) is 3. The molecule has 3 rings (SSSR count). The minimum absolute atomic E-state index is 0.0938. The van der Waals surface area contributed by atoms with Crippen LogP contribution in [0.4, 0.5) is 5.95 Å². The number of rotatable bonds is 9. The first kappa shape index (κ1) is 23.5. The fraction of sp³-hybridized carbons (Fsp3) is 0.292. The summed E-state index contributed by atoms with van der Waals surface area (Å²) in [5, 5.41) is 3.43. The molecule has 0 bridgehead atoms. The molecule has 2 aromatic carbocycles. The van der Waals surface area contributed by atoms with Gasteiger partial charge in [-0.3, -0.25) is 19.5 Å². The van der Waals surface area contributed by atoms with Crippen molar-refractivity contribution in [2.75, 3.05) is 32.1 Å². The first-order chi connectivity index (χ1) is 15.4. The molecule has 1 heterocycles. The molecule has 0 aliphatic rings. The van der Waals surface area contributed by atoms with Gasteiger partial charge in [-0.25, -0.2) is 4.98 Å². The van der Waals surface area contributed by atoms with Crippen LogP contribution in [0.3, 0.4) is 0 Å². The van der Waals surface area contributed by atoms with Gasteiger partial charge >= 0.3 is 0 Å². The molecule has 0 fully saturated rings. The van der Waals surface area contributed by atoms with Gasteiger partial charge in [0.2, 0.25) is 17.8 Å². The highest BCUT2D eigenvalue weighted by atomic mass is 35.5. The Balaban J connectivity index is 1.89. The van der Waals surface area contributed by atoms with Crippen LogP contribution in [0.15, 0.2) is 60.8 Å². The van der Waals surface area contributed by atoms with Gasteiger partial charge in [-0.2, -0.15) is 0 Å². The minimum atomic E-state index is -0.344. The topological polar surface area (TPSA) is 76.5 Å². The smallest absolute Gasteiger partial charge is 0.246 e. The van der Waals surface area contributed by atoms with E-state index in [4.69, 9.17) is 16.3 Å². The molecule has 32 heavy (non-hydrogen) atoms. The number of benzene rings is 2. The molecular weight excluding hydrogens is 428 g/mol. The normalized spacial score (nSPS) is 10.9. The van der Waals surface area contributed by atoms with E-state index >= 15 is 0 Å². The van der Waals surface area contributed by atoms with Crippen LogP contribution in [-0.4, -0.2) is 53.1 Å². The van der Waals surface area contributed by atoms with Gasteiger partial charge in [0.25, 0.3) is 0 Å². The lowest BCUT2D eigenvalue weighted by molar-refractivity contribution is -0.138. The number of ether oxygens (including phenoxy) is 1. The lowest BCUT2D eigenvalue weighted by atomic mass is 10.2. The third-order valence-corrected chi connectivity index (χ3v) is 5.05. The molecular formula is C24H27ClN4O3. The van der Waals surface area contributed by atoms with Crippen LogP contribution >= 0.6 is 11.6 Å².